The first kappa shape index (κ1) is 13.5. The molecule has 0 unspecified atom stereocenters. The number of fused-ring (bicyclic) bond motifs is 2. The second kappa shape index (κ2) is 4.49. The van der Waals surface area contributed by atoms with E-state index in [1.807, 2.05) is 0 Å². The van der Waals surface area contributed by atoms with Crippen molar-refractivity contribution in [2.45, 2.75) is 13.0 Å². The number of phenolic OH excluding ortho intramolecular Hbond substituents is 1. The zero-order chi connectivity index (χ0) is 15.3. The molecule has 0 bridgehead atoms. The van der Waals surface area contributed by atoms with Crippen LogP contribution in [0.3, 0.4) is 0 Å². The monoisotopic (exact) mass is 284 g/mol. The number of carbonyl (C=O) groups is 3. The highest BCUT2D eigenvalue weighted by molar-refractivity contribution is 6.17. The number of ketones is 3. The summed E-state index contributed by atoms with van der Waals surface area (Å²) in [6, 6.07) is 2.47. The van der Waals surface area contributed by atoms with Gasteiger partial charge in [-0.3, -0.25) is 14.4 Å². The second-order valence-corrected chi connectivity index (χ2v) is 5.15. The molecular formula is C16H12O5. The van der Waals surface area contributed by atoms with Crippen LogP contribution >= 0.6 is 0 Å². The van der Waals surface area contributed by atoms with Gasteiger partial charge in [-0.1, -0.05) is 12.2 Å². The Morgan fingerprint density at radius 1 is 1.24 bits per heavy atom. The Kier molecular flexibility index (Phi) is 2.88. The van der Waals surface area contributed by atoms with Crippen molar-refractivity contribution in [2.75, 3.05) is 0 Å². The maximum atomic E-state index is 12.4. The van der Waals surface area contributed by atoms with Crippen LogP contribution < -0.4 is 0 Å². The van der Waals surface area contributed by atoms with Crippen LogP contribution in [0.2, 0.25) is 0 Å². The van der Waals surface area contributed by atoms with E-state index < -0.39 is 17.8 Å². The first-order valence-electron chi connectivity index (χ1n) is 6.44. The molecule has 2 aliphatic rings. The van der Waals surface area contributed by atoms with Crippen molar-refractivity contribution >= 4 is 17.3 Å². The SMILES string of the molecule is CC(=O)c1cc2c(cc1O)C(=O)C1=CC=CC(=O)[C@H]1[C@H]2O. The molecule has 5 nitrogen and oxygen atoms in total. The van der Waals surface area contributed by atoms with Gasteiger partial charge in [0.25, 0.3) is 0 Å². The van der Waals surface area contributed by atoms with Crippen molar-refractivity contribution < 1.29 is 24.6 Å². The van der Waals surface area contributed by atoms with E-state index in [1.165, 1.54) is 37.3 Å². The Hall–Kier alpha value is -2.53. The van der Waals surface area contributed by atoms with Crippen LogP contribution in [-0.2, 0) is 4.79 Å². The third kappa shape index (κ3) is 1.86. The largest absolute Gasteiger partial charge is 0.507 e. The molecule has 1 aromatic rings. The molecule has 2 atom stereocenters. The summed E-state index contributed by atoms with van der Waals surface area (Å²) in [4.78, 5) is 35.8. The number of rotatable bonds is 1. The van der Waals surface area contributed by atoms with Crippen LogP contribution in [0.4, 0.5) is 0 Å². The molecule has 1 aromatic carbocycles. The standard InChI is InChI=1S/C16H12O5/c1-7(17)9-5-10-11(6-13(9)19)15(20)8-3-2-4-12(18)14(8)16(10)21/h2-6,14,16,19,21H,1H3/t14-,16-/m0/s1. The lowest BCUT2D eigenvalue weighted by Gasteiger charge is -2.31. The third-order valence-corrected chi connectivity index (χ3v) is 3.87. The van der Waals surface area contributed by atoms with Gasteiger partial charge in [0.2, 0.25) is 0 Å². The molecule has 2 aliphatic carbocycles. The summed E-state index contributed by atoms with van der Waals surface area (Å²) >= 11 is 0. The van der Waals surface area contributed by atoms with Crippen molar-refractivity contribution in [1.82, 2.24) is 0 Å². The highest BCUT2D eigenvalue weighted by Crippen LogP contribution is 2.42. The summed E-state index contributed by atoms with van der Waals surface area (Å²) in [5, 5.41) is 20.2. The Morgan fingerprint density at radius 2 is 1.95 bits per heavy atom. The number of hydrogen-bond acceptors (Lipinski definition) is 5. The predicted molar refractivity (Wildman–Crippen MR) is 73.1 cm³/mol. The predicted octanol–water partition coefficient (Wildman–Crippen LogP) is 1.51. The molecule has 0 fully saturated rings. The molecule has 21 heavy (non-hydrogen) atoms. The highest BCUT2D eigenvalue weighted by Gasteiger charge is 2.41. The van der Waals surface area contributed by atoms with Crippen LogP contribution in [0.15, 0.2) is 35.9 Å². The van der Waals surface area contributed by atoms with Crippen molar-refractivity contribution in [3.05, 3.63) is 52.6 Å². The van der Waals surface area contributed by atoms with Crippen molar-refractivity contribution in [3.63, 3.8) is 0 Å². The Balaban J connectivity index is 2.25. The smallest absolute Gasteiger partial charge is 0.190 e. The van der Waals surface area contributed by atoms with E-state index in [4.69, 9.17) is 0 Å². The van der Waals surface area contributed by atoms with E-state index in [-0.39, 0.29) is 39.6 Å². The summed E-state index contributed by atoms with van der Waals surface area (Å²) < 4.78 is 0. The van der Waals surface area contributed by atoms with Crippen molar-refractivity contribution in [2.24, 2.45) is 5.92 Å². The minimum absolute atomic E-state index is 0.0202. The lowest BCUT2D eigenvalue weighted by Crippen LogP contribution is -2.34. The van der Waals surface area contributed by atoms with E-state index in [9.17, 15) is 24.6 Å². The lowest BCUT2D eigenvalue weighted by atomic mass is 9.72. The topological polar surface area (TPSA) is 91.7 Å². The van der Waals surface area contributed by atoms with Crippen LogP contribution in [-0.4, -0.2) is 27.6 Å². The van der Waals surface area contributed by atoms with Gasteiger partial charge in [-0.15, -0.1) is 0 Å². The lowest BCUT2D eigenvalue weighted by molar-refractivity contribution is -0.120. The number of phenols is 1. The quantitative estimate of drug-likeness (QED) is 0.763. The number of allylic oxidation sites excluding steroid dienone is 3. The normalized spacial score (nSPS) is 23.4. The number of benzene rings is 1. The van der Waals surface area contributed by atoms with Crippen LogP contribution in [0.1, 0.15) is 39.3 Å². The number of hydrogen-bond donors (Lipinski definition) is 2. The summed E-state index contributed by atoms with van der Waals surface area (Å²) in [6.07, 6.45) is 3.06. The van der Waals surface area contributed by atoms with Gasteiger partial charge in [0.1, 0.15) is 5.75 Å². The summed E-state index contributed by atoms with van der Waals surface area (Å²) in [6.45, 7) is 1.28. The second-order valence-electron chi connectivity index (χ2n) is 5.15. The summed E-state index contributed by atoms with van der Waals surface area (Å²) in [5.41, 5.74) is 0.550. The Labute approximate surface area is 120 Å². The van der Waals surface area contributed by atoms with Crippen LogP contribution in [0.25, 0.3) is 0 Å². The van der Waals surface area contributed by atoms with Gasteiger partial charge >= 0.3 is 0 Å². The fourth-order valence-electron chi connectivity index (χ4n) is 2.81. The van der Waals surface area contributed by atoms with E-state index in [2.05, 4.69) is 0 Å². The van der Waals surface area contributed by atoms with E-state index in [0.717, 1.165) is 0 Å². The molecular weight excluding hydrogens is 272 g/mol. The molecule has 0 aromatic heterocycles. The molecule has 0 heterocycles. The molecule has 0 spiro atoms. The Bertz CT molecular complexity index is 754. The van der Waals surface area contributed by atoms with Crippen LogP contribution in [0, 0.1) is 5.92 Å². The average Bonchev–Trinajstić information content (AvgIpc) is 2.43. The van der Waals surface area contributed by atoms with E-state index >= 15 is 0 Å². The summed E-state index contributed by atoms with van der Waals surface area (Å²) in [5.74, 6) is -2.40. The van der Waals surface area contributed by atoms with Gasteiger partial charge in [-0.2, -0.15) is 0 Å². The number of carbonyl (C=O) groups excluding carboxylic acids is 3. The molecule has 0 saturated heterocycles. The zero-order valence-corrected chi connectivity index (χ0v) is 11.2. The number of aliphatic hydroxyl groups is 1. The maximum Gasteiger partial charge on any atom is 0.190 e. The molecule has 3 rings (SSSR count). The van der Waals surface area contributed by atoms with Crippen molar-refractivity contribution in [1.29, 1.82) is 0 Å². The van der Waals surface area contributed by atoms with E-state index in [0.29, 0.717) is 0 Å². The fourth-order valence-corrected chi connectivity index (χ4v) is 2.81. The molecule has 2 N–H and O–H groups in total. The fraction of sp³-hybridized carbons (Fsp3) is 0.188. The molecule has 0 saturated carbocycles. The third-order valence-electron chi connectivity index (χ3n) is 3.87. The minimum atomic E-state index is -1.21. The van der Waals surface area contributed by atoms with Gasteiger partial charge in [-0.25, -0.2) is 0 Å². The van der Waals surface area contributed by atoms with Gasteiger partial charge in [0.15, 0.2) is 17.3 Å². The molecule has 106 valence electrons. The molecule has 5 heteroatoms. The average molecular weight is 284 g/mol. The first-order chi connectivity index (χ1) is 9.91. The van der Waals surface area contributed by atoms with Gasteiger partial charge in [0.05, 0.1) is 17.6 Å². The van der Waals surface area contributed by atoms with Crippen molar-refractivity contribution in [3.8, 4) is 5.75 Å². The summed E-state index contributed by atoms with van der Waals surface area (Å²) in [7, 11) is 0. The molecule has 0 radical (unpaired) electrons. The molecule has 0 amide bonds. The van der Waals surface area contributed by atoms with Gasteiger partial charge < -0.3 is 10.2 Å². The minimum Gasteiger partial charge on any atom is -0.507 e. The van der Waals surface area contributed by atoms with E-state index in [1.54, 1.807) is 0 Å². The maximum absolute atomic E-state index is 12.4. The molecule has 0 aliphatic heterocycles. The van der Waals surface area contributed by atoms with Gasteiger partial charge in [0, 0.05) is 11.1 Å². The Morgan fingerprint density at radius 3 is 2.62 bits per heavy atom. The van der Waals surface area contributed by atoms with Crippen LogP contribution in [0.5, 0.6) is 5.75 Å². The number of aliphatic hydroxyl groups excluding tert-OH is 1. The van der Waals surface area contributed by atoms with Gasteiger partial charge in [-0.05, 0) is 30.7 Å². The first-order valence-corrected chi connectivity index (χ1v) is 6.44. The number of Topliss-reactive ketones (excluding diaryl/α,β-unsaturated/α-hetero) is 2. The highest BCUT2D eigenvalue weighted by atomic mass is 16.3. The number of aromatic hydroxyl groups is 1. The zero-order valence-electron chi connectivity index (χ0n) is 11.2.